The zero-order valence-electron chi connectivity index (χ0n) is 15.0. The van der Waals surface area contributed by atoms with Crippen LogP contribution in [0.3, 0.4) is 0 Å². The highest BCUT2D eigenvalue weighted by Crippen LogP contribution is 2.35. The van der Waals surface area contributed by atoms with E-state index in [2.05, 4.69) is 12.2 Å². The molecule has 0 aliphatic heterocycles. The smallest absolute Gasteiger partial charge is 0.255 e. The predicted octanol–water partition coefficient (Wildman–Crippen LogP) is 7.90. The van der Waals surface area contributed by atoms with Gasteiger partial charge in [-0.05, 0) is 36.8 Å². The molecule has 3 nitrogen and oxygen atoms in total. The monoisotopic (exact) mass is 447 g/mol. The lowest BCUT2D eigenvalue weighted by molar-refractivity contribution is 0.102. The summed E-state index contributed by atoms with van der Waals surface area (Å²) in [5.74, 6) is 0.000227. The minimum Gasteiger partial charge on any atom is -0.490 e. The Balaban J connectivity index is 2.02. The summed E-state index contributed by atoms with van der Waals surface area (Å²) in [6, 6.07) is 7.86. The molecule has 7 heteroatoms. The summed E-state index contributed by atoms with van der Waals surface area (Å²) in [6.07, 6.45) is 5.64. The number of rotatable bonds is 9. The fraction of sp³-hybridized carbons (Fsp3) is 0.350. The van der Waals surface area contributed by atoms with Crippen molar-refractivity contribution in [2.75, 3.05) is 11.9 Å². The Bertz CT molecular complexity index is 773. The van der Waals surface area contributed by atoms with Gasteiger partial charge in [-0.1, -0.05) is 79.0 Å². The van der Waals surface area contributed by atoms with E-state index >= 15 is 0 Å². The lowest BCUT2D eigenvalue weighted by Crippen LogP contribution is -2.12. The first-order valence-corrected chi connectivity index (χ1v) is 10.3. The molecule has 2 aromatic rings. The van der Waals surface area contributed by atoms with Gasteiger partial charge in [-0.15, -0.1) is 0 Å². The van der Waals surface area contributed by atoms with Gasteiger partial charge in [0.05, 0.1) is 27.4 Å². The minimum atomic E-state index is -0.394. The zero-order valence-corrected chi connectivity index (χ0v) is 18.0. The van der Waals surface area contributed by atoms with Crippen molar-refractivity contribution in [1.29, 1.82) is 0 Å². The molecule has 2 aromatic carbocycles. The Morgan fingerprint density at radius 1 is 0.926 bits per heavy atom. The van der Waals surface area contributed by atoms with Crippen LogP contribution in [0.5, 0.6) is 5.75 Å². The molecular formula is C20H21Cl4NO2. The Morgan fingerprint density at radius 3 is 2.26 bits per heavy atom. The third kappa shape index (κ3) is 6.76. The lowest BCUT2D eigenvalue weighted by Gasteiger charge is -2.12. The fourth-order valence-corrected chi connectivity index (χ4v) is 3.43. The van der Waals surface area contributed by atoms with Crippen LogP contribution in [0.1, 0.15) is 49.4 Å². The average Bonchev–Trinajstić information content (AvgIpc) is 2.62. The van der Waals surface area contributed by atoms with Gasteiger partial charge in [0.1, 0.15) is 0 Å². The number of hydrogen-bond acceptors (Lipinski definition) is 2. The van der Waals surface area contributed by atoms with E-state index in [0.29, 0.717) is 43.7 Å². The van der Waals surface area contributed by atoms with Gasteiger partial charge in [-0.25, -0.2) is 0 Å². The summed E-state index contributed by atoms with van der Waals surface area (Å²) < 4.78 is 5.70. The quantitative estimate of drug-likeness (QED) is 0.395. The number of carbonyl (C=O) groups excluding carboxylic acids is 1. The summed E-state index contributed by atoms with van der Waals surface area (Å²) >= 11 is 24.5. The van der Waals surface area contributed by atoms with Gasteiger partial charge in [0.2, 0.25) is 0 Å². The summed E-state index contributed by atoms with van der Waals surface area (Å²) in [5, 5.41) is 4.13. The molecule has 0 saturated carbocycles. The molecule has 0 fully saturated rings. The number of ether oxygens (including phenoxy) is 1. The number of unbranched alkanes of at least 4 members (excludes halogenated alkanes) is 4. The first-order valence-electron chi connectivity index (χ1n) is 8.80. The molecule has 0 unspecified atom stereocenters. The van der Waals surface area contributed by atoms with Gasteiger partial charge < -0.3 is 10.1 Å². The van der Waals surface area contributed by atoms with Crippen molar-refractivity contribution < 1.29 is 9.53 Å². The molecule has 1 amide bonds. The van der Waals surface area contributed by atoms with Crippen LogP contribution in [-0.2, 0) is 0 Å². The minimum absolute atomic E-state index is 0.290. The molecular weight excluding hydrogens is 428 g/mol. The van der Waals surface area contributed by atoms with Crippen LogP contribution < -0.4 is 10.1 Å². The molecule has 0 heterocycles. The molecule has 0 saturated heterocycles. The number of halogens is 4. The Morgan fingerprint density at radius 2 is 1.59 bits per heavy atom. The van der Waals surface area contributed by atoms with Crippen molar-refractivity contribution in [1.82, 2.24) is 0 Å². The highest BCUT2D eigenvalue weighted by molar-refractivity contribution is 6.38. The fourth-order valence-electron chi connectivity index (χ4n) is 2.50. The van der Waals surface area contributed by atoms with Crippen molar-refractivity contribution >= 4 is 58.0 Å². The first kappa shape index (κ1) is 22.2. The molecule has 27 heavy (non-hydrogen) atoms. The highest BCUT2D eigenvalue weighted by Gasteiger charge is 2.15. The standard InChI is InChI=1S/C20H21Cl4NO2/c1-2-3-4-5-6-9-27-19-16(23)10-13(11-17(19)24)20(26)25-18-12-14(21)7-8-15(18)22/h7-8,10-12H,2-6,9H2,1H3,(H,25,26). The van der Waals surface area contributed by atoms with Crippen molar-refractivity contribution in [2.45, 2.75) is 39.0 Å². The third-order valence-corrected chi connectivity index (χ3v) is 5.06. The van der Waals surface area contributed by atoms with Crippen LogP contribution in [-0.4, -0.2) is 12.5 Å². The van der Waals surface area contributed by atoms with Gasteiger partial charge in [-0.3, -0.25) is 4.79 Å². The maximum atomic E-state index is 12.5. The van der Waals surface area contributed by atoms with Crippen LogP contribution in [0.4, 0.5) is 5.69 Å². The summed E-state index contributed by atoms with van der Waals surface area (Å²) in [6.45, 7) is 2.71. The van der Waals surface area contributed by atoms with E-state index in [-0.39, 0.29) is 0 Å². The molecule has 2 rings (SSSR count). The number of anilines is 1. The first-order chi connectivity index (χ1) is 12.9. The van der Waals surface area contributed by atoms with Crippen LogP contribution in [0, 0.1) is 0 Å². The number of amides is 1. The van der Waals surface area contributed by atoms with Crippen LogP contribution >= 0.6 is 46.4 Å². The lowest BCUT2D eigenvalue weighted by atomic mass is 10.1. The number of benzene rings is 2. The van der Waals surface area contributed by atoms with Gasteiger partial charge in [-0.2, -0.15) is 0 Å². The molecule has 0 atom stereocenters. The molecule has 0 bridgehead atoms. The highest BCUT2D eigenvalue weighted by atomic mass is 35.5. The molecule has 1 N–H and O–H groups in total. The van der Waals surface area contributed by atoms with Crippen LogP contribution in [0.15, 0.2) is 30.3 Å². The predicted molar refractivity (Wildman–Crippen MR) is 115 cm³/mol. The second-order valence-electron chi connectivity index (χ2n) is 6.11. The summed E-state index contributed by atoms with van der Waals surface area (Å²) in [7, 11) is 0. The van der Waals surface area contributed by atoms with Crippen molar-refractivity contribution in [3.63, 3.8) is 0 Å². The van der Waals surface area contributed by atoms with Crippen LogP contribution in [0.2, 0.25) is 20.1 Å². The Labute approximate surface area is 179 Å². The van der Waals surface area contributed by atoms with Gasteiger partial charge in [0.15, 0.2) is 5.75 Å². The average molecular weight is 449 g/mol. The molecule has 0 aliphatic carbocycles. The summed E-state index contributed by atoms with van der Waals surface area (Å²) in [4.78, 5) is 12.5. The normalized spacial score (nSPS) is 10.7. The molecule has 146 valence electrons. The number of carbonyl (C=O) groups is 1. The Hall–Kier alpha value is -1.13. The number of hydrogen-bond donors (Lipinski definition) is 1. The van der Waals surface area contributed by atoms with Crippen molar-refractivity contribution in [2.24, 2.45) is 0 Å². The zero-order chi connectivity index (χ0) is 19.8. The topological polar surface area (TPSA) is 38.3 Å². The maximum absolute atomic E-state index is 12.5. The summed E-state index contributed by atoms with van der Waals surface area (Å²) in [5.41, 5.74) is 0.713. The van der Waals surface area contributed by atoms with Gasteiger partial charge in [0, 0.05) is 10.6 Å². The Kier molecular flexibility index (Phi) is 9.04. The van der Waals surface area contributed by atoms with E-state index < -0.39 is 5.91 Å². The molecule has 0 aromatic heterocycles. The second kappa shape index (κ2) is 11.0. The molecule has 0 aliphatic rings. The van der Waals surface area contributed by atoms with Gasteiger partial charge in [0.25, 0.3) is 5.91 Å². The van der Waals surface area contributed by atoms with E-state index in [1.807, 2.05) is 0 Å². The van der Waals surface area contributed by atoms with E-state index in [1.54, 1.807) is 18.2 Å². The van der Waals surface area contributed by atoms with E-state index in [4.69, 9.17) is 51.1 Å². The van der Waals surface area contributed by atoms with E-state index in [1.165, 1.54) is 31.4 Å². The number of nitrogens with one attached hydrogen (secondary N) is 1. The molecule has 0 spiro atoms. The van der Waals surface area contributed by atoms with Crippen molar-refractivity contribution in [3.05, 3.63) is 56.0 Å². The van der Waals surface area contributed by atoms with E-state index in [9.17, 15) is 4.79 Å². The SMILES string of the molecule is CCCCCCCOc1c(Cl)cc(C(=O)Nc2cc(Cl)ccc2Cl)cc1Cl. The van der Waals surface area contributed by atoms with Crippen LogP contribution in [0.25, 0.3) is 0 Å². The molecule has 0 radical (unpaired) electrons. The second-order valence-corrected chi connectivity index (χ2v) is 7.77. The largest absolute Gasteiger partial charge is 0.490 e. The van der Waals surface area contributed by atoms with Gasteiger partial charge >= 0.3 is 0 Å². The van der Waals surface area contributed by atoms with E-state index in [0.717, 1.165) is 12.8 Å². The maximum Gasteiger partial charge on any atom is 0.255 e. The third-order valence-electron chi connectivity index (χ3n) is 3.93. The van der Waals surface area contributed by atoms with Crippen molar-refractivity contribution in [3.8, 4) is 5.75 Å².